The van der Waals surface area contributed by atoms with Crippen molar-refractivity contribution >= 4 is 0 Å². The molecule has 2 aliphatic rings. The summed E-state index contributed by atoms with van der Waals surface area (Å²) in [6.45, 7) is 4.88. The van der Waals surface area contributed by atoms with E-state index in [0.717, 1.165) is 11.8 Å². The molecule has 74 valence electrons. The van der Waals surface area contributed by atoms with Gasteiger partial charge in [-0.05, 0) is 42.9 Å². The van der Waals surface area contributed by atoms with Crippen LogP contribution in [0.5, 0.6) is 0 Å². The van der Waals surface area contributed by atoms with E-state index in [0.29, 0.717) is 5.41 Å². The van der Waals surface area contributed by atoms with Gasteiger partial charge in [0.15, 0.2) is 0 Å². The largest absolute Gasteiger partial charge is 0.0877 e. The van der Waals surface area contributed by atoms with Gasteiger partial charge < -0.3 is 0 Å². The fourth-order valence-electron chi connectivity index (χ4n) is 3.36. The van der Waals surface area contributed by atoms with Crippen LogP contribution in [-0.2, 0) is 0 Å². The summed E-state index contributed by atoms with van der Waals surface area (Å²) < 4.78 is 0. The van der Waals surface area contributed by atoms with E-state index in [1.807, 2.05) is 0 Å². The van der Waals surface area contributed by atoms with E-state index in [1.165, 1.54) is 38.5 Å². The zero-order valence-electron chi connectivity index (χ0n) is 9.05. The summed E-state index contributed by atoms with van der Waals surface area (Å²) in [7, 11) is 0. The standard InChI is InChI=1S/C13H22/c1-11-6-5-9-13(2,10-11)12-7-3-4-8-12/h5,9,11-12H,3-4,6-8,10H2,1-2H3. The van der Waals surface area contributed by atoms with Crippen LogP contribution in [0, 0.1) is 17.3 Å². The molecule has 13 heavy (non-hydrogen) atoms. The average molecular weight is 178 g/mol. The van der Waals surface area contributed by atoms with Gasteiger partial charge >= 0.3 is 0 Å². The molecule has 0 aromatic rings. The maximum atomic E-state index is 2.52. The van der Waals surface area contributed by atoms with E-state index in [4.69, 9.17) is 0 Å². The van der Waals surface area contributed by atoms with E-state index in [9.17, 15) is 0 Å². The van der Waals surface area contributed by atoms with Crippen molar-refractivity contribution in [2.45, 2.75) is 52.4 Å². The molecule has 0 amide bonds. The Morgan fingerprint density at radius 2 is 1.92 bits per heavy atom. The Labute approximate surface area is 82.4 Å². The second-order valence-corrected chi connectivity index (χ2v) is 5.43. The number of hydrogen-bond donors (Lipinski definition) is 0. The third kappa shape index (κ3) is 1.82. The summed E-state index contributed by atoms with van der Waals surface area (Å²) in [5.41, 5.74) is 0.550. The quantitative estimate of drug-likeness (QED) is 0.529. The first-order chi connectivity index (χ1) is 6.21. The smallest absolute Gasteiger partial charge is 0.0116 e. The van der Waals surface area contributed by atoms with Crippen LogP contribution in [0.2, 0.25) is 0 Å². The molecule has 2 atom stereocenters. The molecule has 0 nitrogen and oxygen atoms in total. The van der Waals surface area contributed by atoms with Crippen molar-refractivity contribution < 1.29 is 0 Å². The van der Waals surface area contributed by atoms with E-state index in [1.54, 1.807) is 0 Å². The molecule has 0 aromatic heterocycles. The van der Waals surface area contributed by atoms with Crippen molar-refractivity contribution in [2.24, 2.45) is 17.3 Å². The fraction of sp³-hybridized carbons (Fsp3) is 0.846. The lowest BCUT2D eigenvalue weighted by Crippen LogP contribution is -2.27. The number of allylic oxidation sites excluding steroid dienone is 2. The summed E-state index contributed by atoms with van der Waals surface area (Å²) in [6.07, 6.45) is 13.6. The molecule has 0 heteroatoms. The predicted molar refractivity (Wildman–Crippen MR) is 57.6 cm³/mol. The van der Waals surface area contributed by atoms with Gasteiger partial charge in [-0.15, -0.1) is 0 Å². The molecule has 0 spiro atoms. The van der Waals surface area contributed by atoms with Crippen molar-refractivity contribution in [3.05, 3.63) is 12.2 Å². The second-order valence-electron chi connectivity index (χ2n) is 5.43. The molecule has 2 unspecified atom stereocenters. The minimum Gasteiger partial charge on any atom is -0.0877 e. The minimum absolute atomic E-state index is 0.550. The van der Waals surface area contributed by atoms with Gasteiger partial charge in [0, 0.05) is 0 Å². The number of hydrogen-bond acceptors (Lipinski definition) is 0. The first-order valence-electron chi connectivity index (χ1n) is 5.88. The van der Waals surface area contributed by atoms with Crippen LogP contribution in [0.4, 0.5) is 0 Å². The van der Waals surface area contributed by atoms with Gasteiger partial charge in [-0.3, -0.25) is 0 Å². The Morgan fingerprint density at radius 3 is 2.54 bits per heavy atom. The molecule has 0 aliphatic heterocycles. The monoisotopic (exact) mass is 178 g/mol. The van der Waals surface area contributed by atoms with E-state index in [2.05, 4.69) is 26.0 Å². The highest BCUT2D eigenvalue weighted by Crippen LogP contribution is 2.47. The van der Waals surface area contributed by atoms with Crippen LogP contribution in [0.25, 0.3) is 0 Å². The van der Waals surface area contributed by atoms with Crippen LogP contribution >= 0.6 is 0 Å². The molecule has 2 rings (SSSR count). The zero-order valence-corrected chi connectivity index (χ0v) is 9.05. The van der Waals surface area contributed by atoms with Gasteiger partial charge in [-0.1, -0.05) is 38.8 Å². The summed E-state index contributed by atoms with van der Waals surface area (Å²) in [5.74, 6) is 1.90. The van der Waals surface area contributed by atoms with E-state index >= 15 is 0 Å². The molecular weight excluding hydrogens is 156 g/mol. The van der Waals surface area contributed by atoms with Crippen LogP contribution in [0.3, 0.4) is 0 Å². The highest BCUT2D eigenvalue weighted by atomic mass is 14.4. The molecule has 0 aromatic carbocycles. The third-order valence-corrected chi connectivity index (χ3v) is 4.11. The van der Waals surface area contributed by atoms with Crippen LogP contribution in [0.15, 0.2) is 12.2 Å². The molecule has 0 radical (unpaired) electrons. The van der Waals surface area contributed by atoms with Gasteiger partial charge in [0.2, 0.25) is 0 Å². The molecule has 0 heterocycles. The maximum absolute atomic E-state index is 2.52. The van der Waals surface area contributed by atoms with Crippen LogP contribution in [-0.4, -0.2) is 0 Å². The Kier molecular flexibility index (Phi) is 2.49. The van der Waals surface area contributed by atoms with Gasteiger partial charge in [0.25, 0.3) is 0 Å². The first-order valence-corrected chi connectivity index (χ1v) is 5.88. The van der Waals surface area contributed by atoms with Crippen molar-refractivity contribution in [1.82, 2.24) is 0 Å². The SMILES string of the molecule is CC1CC=CC(C)(C2CCCC2)C1. The number of rotatable bonds is 1. The van der Waals surface area contributed by atoms with E-state index < -0.39 is 0 Å². The molecule has 1 saturated carbocycles. The van der Waals surface area contributed by atoms with Crippen molar-refractivity contribution in [3.63, 3.8) is 0 Å². The van der Waals surface area contributed by atoms with Gasteiger partial charge in [-0.2, -0.15) is 0 Å². The normalized spacial score (nSPS) is 41.2. The summed E-state index contributed by atoms with van der Waals surface area (Å²) >= 11 is 0. The average Bonchev–Trinajstić information content (AvgIpc) is 2.55. The Bertz CT molecular complexity index is 198. The predicted octanol–water partition coefficient (Wildman–Crippen LogP) is 4.17. The van der Waals surface area contributed by atoms with Gasteiger partial charge in [-0.25, -0.2) is 0 Å². The minimum atomic E-state index is 0.550. The van der Waals surface area contributed by atoms with Gasteiger partial charge in [0.05, 0.1) is 0 Å². The summed E-state index contributed by atoms with van der Waals surface area (Å²) in [5, 5.41) is 0. The third-order valence-electron chi connectivity index (χ3n) is 4.11. The Balaban J connectivity index is 2.09. The van der Waals surface area contributed by atoms with Crippen LogP contribution < -0.4 is 0 Å². The van der Waals surface area contributed by atoms with E-state index in [-0.39, 0.29) is 0 Å². The fourth-order valence-corrected chi connectivity index (χ4v) is 3.36. The van der Waals surface area contributed by atoms with Gasteiger partial charge in [0.1, 0.15) is 0 Å². The van der Waals surface area contributed by atoms with Crippen LogP contribution in [0.1, 0.15) is 52.4 Å². The molecule has 0 N–H and O–H groups in total. The zero-order chi connectivity index (χ0) is 9.31. The summed E-state index contributed by atoms with van der Waals surface area (Å²) in [6, 6.07) is 0. The van der Waals surface area contributed by atoms with Crippen molar-refractivity contribution in [2.75, 3.05) is 0 Å². The Morgan fingerprint density at radius 1 is 1.23 bits per heavy atom. The highest BCUT2D eigenvalue weighted by Gasteiger charge is 2.36. The summed E-state index contributed by atoms with van der Waals surface area (Å²) in [4.78, 5) is 0. The Hall–Kier alpha value is -0.260. The lowest BCUT2D eigenvalue weighted by atomic mass is 9.67. The molecular formula is C13H22. The first kappa shape index (κ1) is 9.30. The van der Waals surface area contributed by atoms with Crippen molar-refractivity contribution in [1.29, 1.82) is 0 Å². The lowest BCUT2D eigenvalue weighted by Gasteiger charge is -2.38. The molecule has 2 aliphatic carbocycles. The lowest BCUT2D eigenvalue weighted by molar-refractivity contribution is 0.195. The topological polar surface area (TPSA) is 0 Å². The molecule has 0 bridgehead atoms. The van der Waals surface area contributed by atoms with Crippen molar-refractivity contribution in [3.8, 4) is 0 Å². The maximum Gasteiger partial charge on any atom is -0.0116 e. The second kappa shape index (κ2) is 3.48. The molecule has 1 fully saturated rings. The molecule has 0 saturated heterocycles. The highest BCUT2D eigenvalue weighted by molar-refractivity contribution is 5.06.